The fourth-order valence-corrected chi connectivity index (χ4v) is 3.81. The quantitative estimate of drug-likeness (QED) is 0.702. The van der Waals surface area contributed by atoms with Crippen LogP contribution >= 0.6 is 0 Å². The fourth-order valence-electron chi connectivity index (χ4n) is 3.81. The Morgan fingerprint density at radius 2 is 1.67 bits per heavy atom. The van der Waals surface area contributed by atoms with Crippen LogP contribution in [0.4, 0.5) is 0 Å². The van der Waals surface area contributed by atoms with E-state index in [9.17, 15) is 4.79 Å². The van der Waals surface area contributed by atoms with Crippen molar-refractivity contribution in [2.75, 3.05) is 0 Å². The molecule has 24 heavy (non-hydrogen) atoms. The van der Waals surface area contributed by atoms with Crippen LogP contribution in [-0.4, -0.2) is 15.6 Å². The summed E-state index contributed by atoms with van der Waals surface area (Å²) < 4.78 is 1.95. The highest BCUT2D eigenvalue weighted by Gasteiger charge is 2.32. The first-order valence-corrected chi connectivity index (χ1v) is 8.38. The van der Waals surface area contributed by atoms with Gasteiger partial charge in [-0.25, -0.2) is 4.68 Å². The first kappa shape index (κ1) is 14.9. The van der Waals surface area contributed by atoms with Gasteiger partial charge in [-0.2, -0.15) is 5.10 Å². The number of ketones is 1. The molecular weight excluding hydrogens is 296 g/mol. The normalized spacial score (nSPS) is 16.9. The molecule has 0 amide bonds. The van der Waals surface area contributed by atoms with Crippen molar-refractivity contribution in [1.82, 2.24) is 9.78 Å². The molecule has 1 unspecified atom stereocenters. The predicted molar refractivity (Wildman–Crippen MR) is 94.9 cm³/mol. The van der Waals surface area contributed by atoms with Gasteiger partial charge in [-0.05, 0) is 49.4 Å². The van der Waals surface area contributed by atoms with Crippen molar-refractivity contribution in [2.45, 2.75) is 32.6 Å². The predicted octanol–water partition coefficient (Wildman–Crippen LogP) is 4.40. The van der Waals surface area contributed by atoms with Crippen LogP contribution in [0.15, 0.2) is 54.6 Å². The largest absolute Gasteiger partial charge is 0.294 e. The van der Waals surface area contributed by atoms with Gasteiger partial charge in [0.05, 0.1) is 22.6 Å². The third-order valence-electron chi connectivity index (χ3n) is 4.94. The van der Waals surface area contributed by atoms with Crippen molar-refractivity contribution in [3.8, 4) is 5.69 Å². The van der Waals surface area contributed by atoms with Crippen molar-refractivity contribution < 1.29 is 4.79 Å². The molecule has 0 bridgehead atoms. The summed E-state index contributed by atoms with van der Waals surface area (Å²) in [4.78, 5) is 12.8. The molecule has 1 atom stereocenters. The smallest absolute Gasteiger partial charge is 0.167 e. The van der Waals surface area contributed by atoms with E-state index in [1.807, 2.05) is 48.0 Å². The molecule has 1 heterocycles. The van der Waals surface area contributed by atoms with Crippen LogP contribution in [0, 0.1) is 13.8 Å². The van der Waals surface area contributed by atoms with Crippen molar-refractivity contribution >= 4 is 5.78 Å². The van der Waals surface area contributed by atoms with Crippen LogP contribution in [0.2, 0.25) is 0 Å². The molecule has 3 nitrogen and oxygen atoms in total. The van der Waals surface area contributed by atoms with Gasteiger partial charge in [0.25, 0.3) is 0 Å². The average Bonchev–Trinajstić information content (AvgIpc) is 2.93. The minimum atomic E-state index is 0.212. The van der Waals surface area contributed by atoms with Gasteiger partial charge in [-0.15, -0.1) is 0 Å². The molecule has 120 valence electrons. The molecule has 2 aromatic carbocycles. The number of benzene rings is 2. The lowest BCUT2D eigenvalue weighted by Gasteiger charge is -2.24. The highest BCUT2D eigenvalue weighted by Crippen LogP contribution is 2.36. The van der Waals surface area contributed by atoms with E-state index in [0.29, 0.717) is 6.42 Å². The van der Waals surface area contributed by atoms with E-state index in [-0.39, 0.29) is 11.7 Å². The summed E-state index contributed by atoms with van der Waals surface area (Å²) in [7, 11) is 0. The lowest BCUT2D eigenvalue weighted by Crippen LogP contribution is -2.21. The fraction of sp³-hybridized carbons (Fsp3) is 0.238. The molecule has 3 aromatic rings. The lowest BCUT2D eigenvalue weighted by atomic mass is 9.80. The molecule has 0 radical (unpaired) electrons. The van der Waals surface area contributed by atoms with Gasteiger partial charge in [0.15, 0.2) is 5.78 Å². The Kier molecular flexibility index (Phi) is 3.57. The Morgan fingerprint density at radius 3 is 2.42 bits per heavy atom. The van der Waals surface area contributed by atoms with E-state index in [1.165, 1.54) is 11.1 Å². The molecule has 0 spiro atoms. The Bertz CT molecular complexity index is 909. The number of hydrogen-bond donors (Lipinski definition) is 0. The topological polar surface area (TPSA) is 34.9 Å². The first-order chi connectivity index (χ1) is 11.6. The number of aryl methyl sites for hydroxylation is 2. The van der Waals surface area contributed by atoms with Crippen molar-refractivity contribution in [3.05, 3.63) is 82.7 Å². The number of Topliss-reactive ketones (excluding diaryl/α,β-unsaturated/α-hetero) is 1. The van der Waals surface area contributed by atoms with E-state index in [2.05, 4.69) is 30.2 Å². The number of nitrogens with zero attached hydrogens (tertiary/aromatic N) is 2. The summed E-state index contributed by atoms with van der Waals surface area (Å²) in [6.45, 7) is 4.05. The second-order valence-electron chi connectivity index (χ2n) is 6.54. The molecule has 1 aliphatic carbocycles. The monoisotopic (exact) mass is 316 g/mol. The summed E-state index contributed by atoms with van der Waals surface area (Å²) >= 11 is 0. The van der Waals surface area contributed by atoms with E-state index in [0.717, 1.165) is 29.1 Å². The Labute approximate surface area is 141 Å². The third-order valence-corrected chi connectivity index (χ3v) is 4.94. The standard InChI is InChI=1S/C21H20N2O/c1-14-8-6-7-11-18(14)16-12-19-21(20(24)13-16)15(2)22-23(19)17-9-4-3-5-10-17/h3-11,16H,12-13H2,1-2H3. The highest BCUT2D eigenvalue weighted by molar-refractivity contribution is 6.00. The Hall–Kier alpha value is -2.68. The zero-order valence-electron chi connectivity index (χ0n) is 14.0. The molecule has 0 fully saturated rings. The summed E-state index contributed by atoms with van der Waals surface area (Å²) in [5, 5.41) is 4.66. The number of para-hydroxylation sites is 1. The second-order valence-corrected chi connectivity index (χ2v) is 6.54. The van der Waals surface area contributed by atoms with Crippen LogP contribution in [0.5, 0.6) is 0 Å². The van der Waals surface area contributed by atoms with Gasteiger partial charge in [-0.1, -0.05) is 42.5 Å². The average molecular weight is 316 g/mol. The number of fused-ring (bicyclic) bond motifs is 1. The Morgan fingerprint density at radius 1 is 0.958 bits per heavy atom. The summed E-state index contributed by atoms with van der Waals surface area (Å²) in [5.41, 5.74) is 6.24. The minimum Gasteiger partial charge on any atom is -0.294 e. The van der Waals surface area contributed by atoms with Crippen LogP contribution in [-0.2, 0) is 6.42 Å². The molecule has 0 aliphatic heterocycles. The summed E-state index contributed by atoms with van der Waals surface area (Å²) in [6.07, 6.45) is 1.42. The summed E-state index contributed by atoms with van der Waals surface area (Å²) in [6, 6.07) is 18.4. The maximum atomic E-state index is 12.8. The van der Waals surface area contributed by atoms with Crippen LogP contribution in [0.3, 0.4) is 0 Å². The zero-order chi connectivity index (χ0) is 16.7. The van der Waals surface area contributed by atoms with E-state index < -0.39 is 0 Å². The van der Waals surface area contributed by atoms with Gasteiger partial charge in [0, 0.05) is 6.42 Å². The van der Waals surface area contributed by atoms with Gasteiger partial charge in [-0.3, -0.25) is 4.79 Å². The van der Waals surface area contributed by atoms with Gasteiger partial charge in [0.2, 0.25) is 0 Å². The van der Waals surface area contributed by atoms with Crippen LogP contribution < -0.4 is 0 Å². The van der Waals surface area contributed by atoms with Crippen molar-refractivity contribution in [2.24, 2.45) is 0 Å². The molecular formula is C21H20N2O. The Balaban J connectivity index is 1.82. The molecule has 0 saturated carbocycles. The SMILES string of the molecule is Cc1ccccc1C1CC(=O)c2c(C)nn(-c3ccccc3)c2C1. The van der Waals surface area contributed by atoms with Crippen LogP contribution in [0.1, 0.15) is 45.2 Å². The van der Waals surface area contributed by atoms with Crippen molar-refractivity contribution in [3.63, 3.8) is 0 Å². The number of rotatable bonds is 2. The maximum Gasteiger partial charge on any atom is 0.167 e. The lowest BCUT2D eigenvalue weighted by molar-refractivity contribution is 0.0963. The maximum absolute atomic E-state index is 12.8. The molecule has 3 heteroatoms. The molecule has 0 saturated heterocycles. The second kappa shape index (κ2) is 5.75. The van der Waals surface area contributed by atoms with E-state index >= 15 is 0 Å². The molecule has 4 rings (SSSR count). The van der Waals surface area contributed by atoms with Crippen LogP contribution in [0.25, 0.3) is 5.69 Å². The number of aromatic nitrogens is 2. The molecule has 1 aromatic heterocycles. The first-order valence-electron chi connectivity index (χ1n) is 8.38. The molecule has 1 aliphatic rings. The van der Waals surface area contributed by atoms with E-state index in [4.69, 9.17) is 0 Å². The van der Waals surface area contributed by atoms with Gasteiger partial charge >= 0.3 is 0 Å². The number of carbonyl (C=O) groups excluding carboxylic acids is 1. The van der Waals surface area contributed by atoms with Gasteiger partial charge < -0.3 is 0 Å². The number of carbonyl (C=O) groups is 1. The van der Waals surface area contributed by atoms with Crippen molar-refractivity contribution in [1.29, 1.82) is 0 Å². The zero-order valence-corrected chi connectivity index (χ0v) is 14.0. The van der Waals surface area contributed by atoms with E-state index in [1.54, 1.807) is 0 Å². The third kappa shape index (κ3) is 2.37. The number of hydrogen-bond acceptors (Lipinski definition) is 2. The molecule has 0 N–H and O–H groups in total. The van der Waals surface area contributed by atoms with Gasteiger partial charge in [0.1, 0.15) is 0 Å². The minimum absolute atomic E-state index is 0.212. The highest BCUT2D eigenvalue weighted by atomic mass is 16.1. The summed E-state index contributed by atoms with van der Waals surface area (Å²) in [5.74, 6) is 0.439.